The normalized spacial score (nSPS) is 19.0. The molecular weight excluding hydrogens is 322 g/mol. The zero-order valence-electron chi connectivity index (χ0n) is 16.9. The lowest BCUT2D eigenvalue weighted by Crippen LogP contribution is -2.28. The average Bonchev–Trinajstić information content (AvgIpc) is 3.09. The van der Waals surface area contributed by atoms with Crippen molar-refractivity contribution in [1.82, 2.24) is 4.90 Å². The lowest BCUT2D eigenvalue weighted by molar-refractivity contribution is -0.104. The van der Waals surface area contributed by atoms with Gasteiger partial charge in [0.15, 0.2) is 12.0 Å². The lowest BCUT2D eigenvalue weighted by Gasteiger charge is -2.21. The molecule has 2 rings (SSSR count). The summed E-state index contributed by atoms with van der Waals surface area (Å²) < 4.78 is 4.81. The maximum absolute atomic E-state index is 10.1. The molecule has 2 aliphatic rings. The Morgan fingerprint density at radius 3 is 2.54 bits per heavy atom. The van der Waals surface area contributed by atoms with Crippen molar-refractivity contribution in [2.24, 2.45) is 0 Å². The maximum atomic E-state index is 10.1. The number of hydrogen-bond acceptors (Lipinski definition) is 3. The maximum Gasteiger partial charge on any atom is 0.169 e. The first-order chi connectivity index (χ1) is 12.6. The Bertz CT molecular complexity index is 625. The highest BCUT2D eigenvalue weighted by Crippen LogP contribution is 2.18. The molecule has 142 valence electrons. The third-order valence-corrected chi connectivity index (χ3v) is 3.88. The summed E-state index contributed by atoms with van der Waals surface area (Å²) in [6.07, 6.45) is 14.9. The topological polar surface area (TPSA) is 29.5 Å². The zero-order chi connectivity index (χ0) is 19.8. The van der Waals surface area contributed by atoms with Gasteiger partial charge in [-0.3, -0.25) is 9.69 Å². The van der Waals surface area contributed by atoms with Crippen LogP contribution in [0, 0.1) is 0 Å². The number of rotatable bonds is 6. The van der Waals surface area contributed by atoms with Gasteiger partial charge in [0.1, 0.15) is 0 Å². The molecule has 0 radical (unpaired) electrons. The largest absolute Gasteiger partial charge is 0.489 e. The van der Waals surface area contributed by atoms with Crippen molar-refractivity contribution in [2.75, 3.05) is 20.2 Å². The molecule has 1 heterocycles. The fourth-order valence-electron chi connectivity index (χ4n) is 2.56. The van der Waals surface area contributed by atoms with Crippen LogP contribution in [-0.2, 0) is 9.53 Å². The summed E-state index contributed by atoms with van der Waals surface area (Å²) in [6.45, 7) is 14.4. The predicted octanol–water partition coefficient (Wildman–Crippen LogP) is 5.15. The van der Waals surface area contributed by atoms with Crippen molar-refractivity contribution in [2.45, 2.75) is 46.6 Å². The highest BCUT2D eigenvalue weighted by Gasteiger charge is 2.19. The van der Waals surface area contributed by atoms with E-state index in [1.54, 1.807) is 19.3 Å². The SMILES string of the molecule is C=C/C=C(\C=C/C)CN1CCCC1C.CC.COC1=C=C=C(C=O)C=C1. The number of ether oxygens (including phenoxy) is 1. The third-order valence-electron chi connectivity index (χ3n) is 3.88. The molecule has 0 aromatic carbocycles. The molecule has 1 aliphatic carbocycles. The summed E-state index contributed by atoms with van der Waals surface area (Å²) in [4.78, 5) is 12.7. The second-order valence-electron chi connectivity index (χ2n) is 5.66. The highest BCUT2D eigenvalue weighted by molar-refractivity contribution is 5.77. The Balaban J connectivity index is 0.000000458. The minimum atomic E-state index is 0.487. The number of methoxy groups -OCH3 is 1. The molecule has 3 heteroatoms. The van der Waals surface area contributed by atoms with Crippen molar-refractivity contribution in [3.05, 3.63) is 71.4 Å². The summed E-state index contributed by atoms with van der Waals surface area (Å²) in [6, 6.07) is 0.744. The summed E-state index contributed by atoms with van der Waals surface area (Å²) in [5.74, 6) is 0.589. The van der Waals surface area contributed by atoms with Crippen molar-refractivity contribution >= 4 is 6.29 Å². The monoisotopic (exact) mass is 355 g/mol. The number of hydrogen-bond donors (Lipinski definition) is 0. The van der Waals surface area contributed by atoms with Gasteiger partial charge in [-0.2, -0.15) is 0 Å². The molecule has 3 nitrogen and oxygen atoms in total. The minimum Gasteiger partial charge on any atom is -0.489 e. The molecule has 0 aromatic heterocycles. The molecule has 0 bridgehead atoms. The van der Waals surface area contributed by atoms with Gasteiger partial charge in [0.2, 0.25) is 0 Å². The first-order valence-corrected chi connectivity index (χ1v) is 9.26. The summed E-state index contributed by atoms with van der Waals surface area (Å²) in [5.41, 5.74) is 7.12. The van der Waals surface area contributed by atoms with Gasteiger partial charge in [-0.1, -0.05) is 50.5 Å². The van der Waals surface area contributed by atoms with Crippen LogP contribution in [0.1, 0.15) is 40.5 Å². The molecular formula is C23H33NO2. The fourth-order valence-corrected chi connectivity index (χ4v) is 2.56. The van der Waals surface area contributed by atoms with E-state index in [-0.39, 0.29) is 0 Å². The van der Waals surface area contributed by atoms with Gasteiger partial charge < -0.3 is 4.74 Å². The molecule has 0 spiro atoms. The molecule has 0 N–H and O–H groups in total. The molecule has 0 amide bonds. The Labute approximate surface area is 159 Å². The number of carbonyl (C=O) groups is 1. The number of nitrogens with zero attached hydrogens (tertiary/aromatic N) is 1. The number of allylic oxidation sites excluding steroid dienone is 6. The summed E-state index contributed by atoms with van der Waals surface area (Å²) >= 11 is 0. The third kappa shape index (κ3) is 9.25. The van der Waals surface area contributed by atoms with E-state index in [1.807, 2.05) is 19.9 Å². The first kappa shape index (κ1) is 23.7. The fraction of sp³-hybridized carbons (Fsp3) is 0.435. The standard InChI is InChI=1S/C13H21N.C8H6O2.C2H6/c1-4-7-13(8-5-2)11-14-10-6-9-12(14)3;1-10-8-4-2-7(6-9)3-5-8;1-2/h4-5,7-8,12H,1,6,9-11H2,2-3H3;2,4,6H,1H3;1-2H3/b8-5-,13-7+;;. The van der Waals surface area contributed by atoms with Crippen LogP contribution in [0.5, 0.6) is 0 Å². The quantitative estimate of drug-likeness (QED) is 0.375. The Kier molecular flexibility index (Phi) is 13.7. The van der Waals surface area contributed by atoms with Crippen molar-refractivity contribution in [1.29, 1.82) is 0 Å². The van der Waals surface area contributed by atoms with E-state index in [2.05, 4.69) is 55.0 Å². The molecule has 1 fully saturated rings. The lowest BCUT2D eigenvalue weighted by atomic mass is 10.2. The second kappa shape index (κ2) is 15.0. The number of aldehydes is 1. The van der Waals surface area contributed by atoms with Crippen LogP contribution in [-0.4, -0.2) is 37.4 Å². The highest BCUT2D eigenvalue weighted by atomic mass is 16.5. The smallest absolute Gasteiger partial charge is 0.169 e. The van der Waals surface area contributed by atoms with Gasteiger partial charge in [0.25, 0.3) is 0 Å². The second-order valence-corrected chi connectivity index (χ2v) is 5.66. The average molecular weight is 356 g/mol. The predicted molar refractivity (Wildman–Crippen MR) is 111 cm³/mol. The van der Waals surface area contributed by atoms with Crippen LogP contribution in [0.2, 0.25) is 0 Å². The van der Waals surface area contributed by atoms with E-state index in [9.17, 15) is 4.79 Å². The van der Waals surface area contributed by atoms with E-state index in [1.165, 1.54) is 25.0 Å². The van der Waals surface area contributed by atoms with E-state index in [4.69, 9.17) is 4.74 Å². The van der Waals surface area contributed by atoms with Crippen LogP contribution >= 0.6 is 0 Å². The summed E-state index contributed by atoms with van der Waals surface area (Å²) in [7, 11) is 1.54. The van der Waals surface area contributed by atoms with E-state index in [0.717, 1.165) is 18.9 Å². The van der Waals surface area contributed by atoms with Gasteiger partial charge in [-0.15, -0.1) is 0 Å². The van der Waals surface area contributed by atoms with Crippen molar-refractivity contribution in [3.63, 3.8) is 0 Å². The first-order valence-electron chi connectivity index (χ1n) is 9.26. The van der Waals surface area contributed by atoms with E-state index in [0.29, 0.717) is 11.3 Å². The Morgan fingerprint density at radius 1 is 1.38 bits per heavy atom. The van der Waals surface area contributed by atoms with Crippen LogP contribution in [0.15, 0.2) is 71.4 Å². The molecule has 26 heavy (non-hydrogen) atoms. The van der Waals surface area contributed by atoms with Gasteiger partial charge in [-0.25, -0.2) is 0 Å². The van der Waals surface area contributed by atoms with Crippen LogP contribution in [0.3, 0.4) is 0 Å². The molecule has 1 unspecified atom stereocenters. The van der Waals surface area contributed by atoms with Crippen molar-refractivity contribution in [3.8, 4) is 0 Å². The van der Waals surface area contributed by atoms with Crippen LogP contribution in [0.25, 0.3) is 0 Å². The van der Waals surface area contributed by atoms with Gasteiger partial charge in [-0.05, 0) is 56.7 Å². The number of likely N-dealkylation sites (tertiary alicyclic amines) is 1. The van der Waals surface area contributed by atoms with Gasteiger partial charge >= 0.3 is 0 Å². The Morgan fingerprint density at radius 2 is 2.12 bits per heavy atom. The molecule has 0 aromatic rings. The minimum absolute atomic E-state index is 0.487. The van der Waals surface area contributed by atoms with E-state index >= 15 is 0 Å². The van der Waals surface area contributed by atoms with E-state index < -0.39 is 0 Å². The van der Waals surface area contributed by atoms with Gasteiger partial charge in [0.05, 0.1) is 12.7 Å². The molecule has 1 aliphatic heterocycles. The molecule has 1 atom stereocenters. The zero-order valence-corrected chi connectivity index (χ0v) is 16.9. The van der Waals surface area contributed by atoms with Crippen LogP contribution in [0.4, 0.5) is 0 Å². The van der Waals surface area contributed by atoms with Crippen LogP contribution < -0.4 is 0 Å². The molecule has 0 saturated carbocycles. The van der Waals surface area contributed by atoms with Gasteiger partial charge in [0, 0.05) is 12.6 Å². The number of carbonyl (C=O) groups excluding carboxylic acids is 1. The van der Waals surface area contributed by atoms with Crippen molar-refractivity contribution < 1.29 is 9.53 Å². The summed E-state index contributed by atoms with van der Waals surface area (Å²) in [5, 5.41) is 0. The Hall–Kier alpha value is -2.31. The molecule has 1 saturated heterocycles.